The van der Waals surface area contributed by atoms with Crippen LogP contribution in [0.5, 0.6) is 0 Å². The Morgan fingerprint density at radius 1 is 1.47 bits per heavy atom. The van der Waals surface area contributed by atoms with Crippen molar-refractivity contribution in [2.75, 3.05) is 33.4 Å². The van der Waals surface area contributed by atoms with Crippen molar-refractivity contribution in [3.8, 4) is 0 Å². The largest absolute Gasteiger partial charge is 0.411 e. The van der Waals surface area contributed by atoms with E-state index in [2.05, 4.69) is 4.74 Å². The van der Waals surface area contributed by atoms with Gasteiger partial charge in [-0.1, -0.05) is 19.1 Å². The van der Waals surface area contributed by atoms with Crippen LogP contribution in [0.2, 0.25) is 0 Å². The van der Waals surface area contributed by atoms with Crippen molar-refractivity contribution < 1.29 is 17.9 Å². The summed E-state index contributed by atoms with van der Waals surface area (Å²) in [6.45, 7) is 2.20. The molecule has 0 heterocycles. The highest BCUT2D eigenvalue weighted by atomic mass is 32.1. The van der Waals surface area contributed by atoms with Gasteiger partial charge in [-0.05, 0) is 13.5 Å². The number of alkyl halides is 3. The summed E-state index contributed by atoms with van der Waals surface area (Å²) in [5.41, 5.74) is 5.46. The number of hydrogen-bond acceptors (Lipinski definition) is 3. The monoisotopic (exact) mass is 272 g/mol. The molecule has 0 radical (unpaired) electrons. The lowest BCUT2D eigenvalue weighted by Gasteiger charge is -2.20. The van der Waals surface area contributed by atoms with Gasteiger partial charge in [0.05, 0.1) is 4.99 Å². The highest BCUT2D eigenvalue weighted by Gasteiger charge is 2.27. The average Bonchev–Trinajstić information content (AvgIpc) is 2.15. The van der Waals surface area contributed by atoms with Gasteiger partial charge >= 0.3 is 6.18 Å². The Bertz CT molecular complexity index is 236. The summed E-state index contributed by atoms with van der Waals surface area (Å²) in [5, 5.41) is 0. The number of rotatable bonds is 8. The standard InChI is InChI=1S/C10H19F3N2OS/c1-8(9(14)17)6-15(2)4-3-5-16-7-10(11,12)13/h8H,3-7H2,1-2H3,(H2,14,17). The van der Waals surface area contributed by atoms with Crippen LogP contribution < -0.4 is 5.73 Å². The predicted octanol–water partition coefficient (Wildman–Crippen LogP) is 1.81. The molecule has 2 N–H and O–H groups in total. The molecular weight excluding hydrogens is 253 g/mol. The lowest BCUT2D eigenvalue weighted by Crippen LogP contribution is -2.32. The van der Waals surface area contributed by atoms with E-state index >= 15 is 0 Å². The van der Waals surface area contributed by atoms with Gasteiger partial charge < -0.3 is 15.4 Å². The first kappa shape index (κ1) is 16.6. The lowest BCUT2D eigenvalue weighted by molar-refractivity contribution is -0.174. The molecule has 0 aromatic rings. The predicted molar refractivity (Wildman–Crippen MR) is 64.9 cm³/mol. The molecule has 0 bridgehead atoms. The Morgan fingerprint density at radius 3 is 2.53 bits per heavy atom. The molecule has 0 saturated carbocycles. The molecule has 0 spiro atoms. The maximum Gasteiger partial charge on any atom is 0.411 e. The molecule has 0 aromatic carbocycles. The Labute approximate surface area is 105 Å². The number of thiocarbonyl (C=S) groups is 1. The Kier molecular flexibility index (Phi) is 7.65. The average molecular weight is 272 g/mol. The van der Waals surface area contributed by atoms with E-state index in [0.29, 0.717) is 24.5 Å². The van der Waals surface area contributed by atoms with Crippen LogP contribution in [0.1, 0.15) is 13.3 Å². The maximum atomic E-state index is 11.7. The van der Waals surface area contributed by atoms with Crippen LogP contribution in [0.25, 0.3) is 0 Å². The topological polar surface area (TPSA) is 38.5 Å². The second kappa shape index (κ2) is 7.84. The molecule has 0 aliphatic rings. The second-order valence-electron chi connectivity index (χ2n) is 4.09. The van der Waals surface area contributed by atoms with Crippen LogP contribution in [-0.4, -0.2) is 49.4 Å². The maximum absolute atomic E-state index is 11.7. The molecule has 0 rings (SSSR count). The third-order valence-corrected chi connectivity index (χ3v) is 2.57. The second-order valence-corrected chi connectivity index (χ2v) is 4.56. The normalized spacial score (nSPS) is 14.0. The van der Waals surface area contributed by atoms with E-state index in [9.17, 15) is 13.2 Å². The van der Waals surface area contributed by atoms with E-state index in [-0.39, 0.29) is 12.5 Å². The number of nitrogens with zero attached hydrogens (tertiary/aromatic N) is 1. The summed E-state index contributed by atoms with van der Waals surface area (Å²) < 4.78 is 39.7. The van der Waals surface area contributed by atoms with E-state index in [0.717, 1.165) is 0 Å². The van der Waals surface area contributed by atoms with Crippen molar-refractivity contribution in [2.45, 2.75) is 19.5 Å². The van der Waals surface area contributed by atoms with Crippen molar-refractivity contribution in [1.29, 1.82) is 0 Å². The summed E-state index contributed by atoms with van der Waals surface area (Å²) in [5.74, 6) is 0.103. The fraction of sp³-hybridized carbons (Fsp3) is 0.900. The minimum atomic E-state index is -4.24. The van der Waals surface area contributed by atoms with Crippen molar-refractivity contribution in [1.82, 2.24) is 4.90 Å². The number of halogens is 3. The molecule has 0 saturated heterocycles. The summed E-state index contributed by atoms with van der Waals surface area (Å²) in [7, 11) is 1.87. The molecule has 0 aliphatic heterocycles. The summed E-state index contributed by atoms with van der Waals surface area (Å²) in [6.07, 6.45) is -3.69. The number of nitrogens with two attached hydrogens (primary N) is 1. The van der Waals surface area contributed by atoms with Crippen LogP contribution in [0.3, 0.4) is 0 Å². The zero-order valence-corrected chi connectivity index (χ0v) is 10.9. The first-order valence-electron chi connectivity index (χ1n) is 5.34. The Morgan fingerprint density at radius 2 is 2.06 bits per heavy atom. The van der Waals surface area contributed by atoms with E-state index in [4.69, 9.17) is 18.0 Å². The highest BCUT2D eigenvalue weighted by Crippen LogP contribution is 2.14. The fourth-order valence-corrected chi connectivity index (χ4v) is 1.35. The van der Waals surface area contributed by atoms with Crippen LogP contribution in [-0.2, 0) is 4.74 Å². The van der Waals surface area contributed by atoms with Gasteiger partial charge in [0.1, 0.15) is 6.61 Å². The van der Waals surface area contributed by atoms with Crippen molar-refractivity contribution in [3.63, 3.8) is 0 Å². The smallest absolute Gasteiger partial charge is 0.393 e. The van der Waals surface area contributed by atoms with Crippen molar-refractivity contribution in [2.24, 2.45) is 11.7 Å². The van der Waals surface area contributed by atoms with Crippen LogP contribution >= 0.6 is 12.2 Å². The molecule has 1 unspecified atom stereocenters. The number of hydrogen-bond donors (Lipinski definition) is 1. The third-order valence-electron chi connectivity index (χ3n) is 2.17. The van der Waals surface area contributed by atoms with Gasteiger partial charge in [0.25, 0.3) is 0 Å². The van der Waals surface area contributed by atoms with Crippen molar-refractivity contribution >= 4 is 17.2 Å². The summed E-state index contributed by atoms with van der Waals surface area (Å²) in [6, 6.07) is 0. The fourth-order valence-electron chi connectivity index (χ4n) is 1.27. The molecule has 3 nitrogen and oxygen atoms in total. The van der Waals surface area contributed by atoms with Gasteiger partial charge in [-0.25, -0.2) is 0 Å². The Balaban J connectivity index is 3.52. The molecule has 1 atom stereocenters. The third kappa shape index (κ3) is 10.5. The van der Waals surface area contributed by atoms with Gasteiger partial charge in [-0.15, -0.1) is 0 Å². The van der Waals surface area contributed by atoms with E-state index in [1.807, 2.05) is 18.9 Å². The van der Waals surface area contributed by atoms with E-state index < -0.39 is 12.8 Å². The first-order chi connectivity index (χ1) is 7.72. The van der Waals surface area contributed by atoms with E-state index in [1.165, 1.54) is 0 Å². The zero-order chi connectivity index (χ0) is 13.5. The highest BCUT2D eigenvalue weighted by molar-refractivity contribution is 7.80. The Hall–Kier alpha value is -0.400. The minimum Gasteiger partial charge on any atom is -0.393 e. The van der Waals surface area contributed by atoms with Gasteiger partial charge in [-0.2, -0.15) is 13.2 Å². The molecule has 0 aromatic heterocycles. The van der Waals surface area contributed by atoms with Crippen LogP contribution in [0.4, 0.5) is 13.2 Å². The first-order valence-corrected chi connectivity index (χ1v) is 5.75. The van der Waals surface area contributed by atoms with Gasteiger partial charge in [-0.3, -0.25) is 0 Å². The van der Waals surface area contributed by atoms with Crippen molar-refractivity contribution in [3.05, 3.63) is 0 Å². The van der Waals surface area contributed by atoms with Gasteiger partial charge in [0.15, 0.2) is 0 Å². The SMILES string of the molecule is CC(CN(C)CCCOCC(F)(F)F)C(N)=S. The quantitative estimate of drug-likeness (QED) is 0.540. The molecule has 0 aliphatic carbocycles. The van der Waals surface area contributed by atoms with Gasteiger partial charge in [0.2, 0.25) is 0 Å². The molecule has 0 amide bonds. The minimum absolute atomic E-state index is 0.102. The van der Waals surface area contributed by atoms with Crippen LogP contribution in [0, 0.1) is 5.92 Å². The summed E-state index contributed by atoms with van der Waals surface area (Å²) >= 11 is 4.83. The molecule has 102 valence electrons. The molecule has 0 fully saturated rings. The molecule has 7 heteroatoms. The van der Waals surface area contributed by atoms with Crippen LogP contribution in [0.15, 0.2) is 0 Å². The molecule has 17 heavy (non-hydrogen) atoms. The summed E-state index contributed by atoms with van der Waals surface area (Å²) in [4.78, 5) is 2.42. The number of ether oxygens (including phenoxy) is 1. The van der Waals surface area contributed by atoms with E-state index in [1.54, 1.807) is 0 Å². The zero-order valence-electron chi connectivity index (χ0n) is 10.1. The lowest BCUT2D eigenvalue weighted by atomic mass is 10.1. The van der Waals surface area contributed by atoms with Gasteiger partial charge in [0, 0.05) is 25.6 Å². The molecular formula is C10H19F3N2OS.